The number of rotatable bonds is 7. The zero-order chi connectivity index (χ0) is 22.2. The van der Waals surface area contributed by atoms with E-state index < -0.39 is 0 Å². The maximum atomic E-state index is 12.9. The van der Waals surface area contributed by atoms with Gasteiger partial charge in [-0.2, -0.15) is 0 Å². The molecule has 1 aliphatic heterocycles. The van der Waals surface area contributed by atoms with Crippen molar-refractivity contribution in [3.05, 3.63) is 58.6 Å². The normalized spacial score (nSPS) is 13.4. The highest BCUT2D eigenvalue weighted by molar-refractivity contribution is 6.31. The lowest BCUT2D eigenvalue weighted by Gasteiger charge is -2.27. The first-order valence-electron chi connectivity index (χ1n) is 10.5. The summed E-state index contributed by atoms with van der Waals surface area (Å²) in [5.41, 5.74) is 2.01. The van der Waals surface area contributed by atoms with Crippen LogP contribution in [0, 0.1) is 0 Å². The first kappa shape index (κ1) is 22.6. The summed E-state index contributed by atoms with van der Waals surface area (Å²) in [6.07, 6.45) is 3.14. The number of nitrogens with one attached hydrogen (secondary N) is 3. The second-order valence-electron chi connectivity index (χ2n) is 7.38. The molecule has 3 rings (SSSR count). The Bertz CT molecular complexity index is 958. The van der Waals surface area contributed by atoms with Gasteiger partial charge in [0.05, 0.1) is 12.1 Å². The predicted octanol–water partition coefficient (Wildman–Crippen LogP) is 3.77. The van der Waals surface area contributed by atoms with E-state index in [1.165, 1.54) is 0 Å². The molecule has 1 fully saturated rings. The topological polar surface area (TPSA) is 90.5 Å². The maximum Gasteiger partial charge on any atom is 0.255 e. The summed E-state index contributed by atoms with van der Waals surface area (Å²) in [7, 11) is 0. The lowest BCUT2D eigenvalue weighted by atomic mass is 10.1. The Morgan fingerprint density at radius 2 is 1.81 bits per heavy atom. The van der Waals surface area contributed by atoms with Crippen LogP contribution in [0.2, 0.25) is 5.02 Å². The van der Waals surface area contributed by atoms with E-state index in [2.05, 4.69) is 16.0 Å². The van der Waals surface area contributed by atoms with E-state index in [1.54, 1.807) is 42.5 Å². The molecule has 2 aromatic rings. The fourth-order valence-corrected chi connectivity index (χ4v) is 3.67. The minimum absolute atomic E-state index is 0.0496. The van der Waals surface area contributed by atoms with Gasteiger partial charge in [0.25, 0.3) is 11.8 Å². The van der Waals surface area contributed by atoms with Crippen molar-refractivity contribution in [2.45, 2.75) is 26.2 Å². The van der Waals surface area contributed by atoms with Gasteiger partial charge in [-0.15, -0.1) is 0 Å². The summed E-state index contributed by atoms with van der Waals surface area (Å²) in [6, 6.07) is 11.7. The molecule has 0 radical (unpaired) electrons. The van der Waals surface area contributed by atoms with E-state index in [0.717, 1.165) is 32.4 Å². The summed E-state index contributed by atoms with van der Waals surface area (Å²) >= 11 is 6.12. The number of piperidine rings is 1. The third kappa shape index (κ3) is 6.21. The number of benzene rings is 2. The Labute approximate surface area is 187 Å². The van der Waals surface area contributed by atoms with Gasteiger partial charge >= 0.3 is 0 Å². The molecule has 0 aliphatic carbocycles. The molecule has 31 heavy (non-hydrogen) atoms. The number of carbonyl (C=O) groups is 3. The quantitative estimate of drug-likeness (QED) is 0.608. The zero-order valence-corrected chi connectivity index (χ0v) is 18.3. The second-order valence-corrected chi connectivity index (χ2v) is 7.82. The molecule has 0 saturated carbocycles. The van der Waals surface area contributed by atoms with Crippen LogP contribution in [0.1, 0.15) is 46.9 Å². The lowest BCUT2D eigenvalue weighted by molar-refractivity contribution is -0.114. The highest BCUT2D eigenvalue weighted by Gasteiger charge is 2.21. The van der Waals surface area contributed by atoms with Crippen LogP contribution in [0.3, 0.4) is 0 Å². The molecule has 0 bridgehead atoms. The summed E-state index contributed by atoms with van der Waals surface area (Å²) in [4.78, 5) is 39.2. The van der Waals surface area contributed by atoms with Crippen molar-refractivity contribution in [2.24, 2.45) is 0 Å². The number of hydrogen-bond acceptors (Lipinski definition) is 4. The SMILES string of the molecule is CCNC(=O)c1cccc(NC(=O)CNc2cc(Cl)ccc2C(=O)N2CCCCC2)c1. The standard InChI is InChI=1S/C23H27ClN4O3/c1-2-25-22(30)16-7-6-8-18(13-16)27-21(29)15-26-20-14-17(24)9-10-19(20)23(31)28-11-4-3-5-12-28/h6-10,13-14,26H,2-5,11-12,15H2,1H3,(H,25,30)(H,27,29). The monoisotopic (exact) mass is 442 g/mol. The molecule has 1 aliphatic rings. The molecule has 0 aromatic heterocycles. The third-order valence-corrected chi connectivity index (χ3v) is 5.28. The summed E-state index contributed by atoms with van der Waals surface area (Å²) in [6.45, 7) is 3.80. The van der Waals surface area contributed by atoms with E-state index in [4.69, 9.17) is 11.6 Å². The first-order chi connectivity index (χ1) is 15.0. The van der Waals surface area contributed by atoms with Crippen LogP contribution < -0.4 is 16.0 Å². The number of hydrogen-bond donors (Lipinski definition) is 3. The van der Waals surface area contributed by atoms with Gasteiger partial charge in [0, 0.05) is 41.6 Å². The molecule has 8 heteroatoms. The van der Waals surface area contributed by atoms with Gasteiger partial charge < -0.3 is 20.9 Å². The number of halogens is 1. The molecule has 7 nitrogen and oxygen atoms in total. The average Bonchev–Trinajstić information content (AvgIpc) is 2.78. The van der Waals surface area contributed by atoms with E-state index in [-0.39, 0.29) is 24.3 Å². The Morgan fingerprint density at radius 1 is 1.03 bits per heavy atom. The van der Waals surface area contributed by atoms with Gasteiger partial charge in [-0.05, 0) is 62.6 Å². The van der Waals surface area contributed by atoms with Crippen LogP contribution >= 0.6 is 11.6 Å². The molecule has 164 valence electrons. The van der Waals surface area contributed by atoms with Crippen molar-refractivity contribution >= 4 is 40.7 Å². The maximum absolute atomic E-state index is 12.9. The molecule has 0 unspecified atom stereocenters. The number of likely N-dealkylation sites (tertiary alicyclic amines) is 1. The second kappa shape index (κ2) is 10.8. The molecule has 2 aromatic carbocycles. The van der Waals surface area contributed by atoms with Crippen molar-refractivity contribution in [1.82, 2.24) is 10.2 Å². The molecule has 3 N–H and O–H groups in total. The molecular weight excluding hydrogens is 416 g/mol. The van der Waals surface area contributed by atoms with E-state index >= 15 is 0 Å². The molecular formula is C23H27ClN4O3. The van der Waals surface area contributed by atoms with E-state index in [9.17, 15) is 14.4 Å². The Morgan fingerprint density at radius 3 is 2.55 bits per heavy atom. The number of amides is 3. The van der Waals surface area contributed by atoms with Crippen molar-refractivity contribution in [3.63, 3.8) is 0 Å². The molecule has 0 atom stereocenters. The predicted molar refractivity (Wildman–Crippen MR) is 123 cm³/mol. The smallest absolute Gasteiger partial charge is 0.255 e. The highest BCUT2D eigenvalue weighted by atomic mass is 35.5. The van der Waals surface area contributed by atoms with Crippen molar-refractivity contribution < 1.29 is 14.4 Å². The van der Waals surface area contributed by atoms with Crippen molar-refractivity contribution in [3.8, 4) is 0 Å². The van der Waals surface area contributed by atoms with Crippen LogP contribution in [0.5, 0.6) is 0 Å². The molecule has 1 saturated heterocycles. The number of nitrogens with zero attached hydrogens (tertiary/aromatic N) is 1. The Hall–Kier alpha value is -3.06. The molecule has 0 spiro atoms. The van der Waals surface area contributed by atoms with E-state index in [0.29, 0.717) is 34.1 Å². The first-order valence-corrected chi connectivity index (χ1v) is 10.9. The van der Waals surface area contributed by atoms with Crippen molar-refractivity contribution in [2.75, 3.05) is 36.8 Å². The van der Waals surface area contributed by atoms with Gasteiger partial charge in [0.2, 0.25) is 5.91 Å². The fourth-order valence-electron chi connectivity index (χ4n) is 3.50. The van der Waals surface area contributed by atoms with E-state index in [1.807, 2.05) is 11.8 Å². The summed E-state index contributed by atoms with van der Waals surface area (Å²) < 4.78 is 0. The highest BCUT2D eigenvalue weighted by Crippen LogP contribution is 2.24. The fraction of sp³-hybridized carbons (Fsp3) is 0.348. The van der Waals surface area contributed by atoms with Gasteiger partial charge in [-0.25, -0.2) is 0 Å². The van der Waals surface area contributed by atoms with Crippen LogP contribution in [-0.2, 0) is 4.79 Å². The van der Waals surface area contributed by atoms with Crippen LogP contribution in [0.4, 0.5) is 11.4 Å². The molecule has 3 amide bonds. The Kier molecular flexibility index (Phi) is 7.89. The number of anilines is 2. The third-order valence-electron chi connectivity index (χ3n) is 5.04. The summed E-state index contributed by atoms with van der Waals surface area (Å²) in [5, 5.41) is 9.00. The van der Waals surface area contributed by atoms with Crippen LogP contribution in [-0.4, -0.2) is 48.8 Å². The largest absolute Gasteiger partial charge is 0.375 e. The summed E-state index contributed by atoms with van der Waals surface area (Å²) in [5.74, 6) is -0.560. The molecule has 1 heterocycles. The van der Waals surface area contributed by atoms with Crippen LogP contribution in [0.25, 0.3) is 0 Å². The van der Waals surface area contributed by atoms with Crippen LogP contribution in [0.15, 0.2) is 42.5 Å². The number of carbonyl (C=O) groups excluding carboxylic acids is 3. The van der Waals surface area contributed by atoms with Gasteiger partial charge in [0.1, 0.15) is 0 Å². The zero-order valence-electron chi connectivity index (χ0n) is 17.5. The minimum Gasteiger partial charge on any atom is -0.375 e. The van der Waals surface area contributed by atoms with Crippen molar-refractivity contribution in [1.29, 1.82) is 0 Å². The minimum atomic E-state index is -0.301. The Balaban J connectivity index is 1.65. The van der Waals surface area contributed by atoms with Gasteiger partial charge in [-0.1, -0.05) is 17.7 Å². The van der Waals surface area contributed by atoms with Gasteiger partial charge in [-0.3, -0.25) is 14.4 Å². The lowest BCUT2D eigenvalue weighted by Crippen LogP contribution is -2.36. The average molecular weight is 443 g/mol. The van der Waals surface area contributed by atoms with Gasteiger partial charge in [0.15, 0.2) is 0 Å².